The van der Waals surface area contributed by atoms with E-state index in [9.17, 15) is 0 Å². The lowest BCUT2D eigenvalue weighted by Crippen LogP contribution is -2.34. The van der Waals surface area contributed by atoms with Crippen LogP contribution in [-0.4, -0.2) is 14.9 Å². The smallest absolute Gasteiger partial charge is 0.0712 e. The molecule has 0 spiro atoms. The van der Waals surface area contributed by atoms with Crippen molar-refractivity contribution in [3.05, 3.63) is 18.0 Å². The molecule has 1 saturated carbocycles. The summed E-state index contributed by atoms with van der Waals surface area (Å²) in [5, 5.41) is 13.1. The van der Waals surface area contributed by atoms with E-state index in [1.807, 2.05) is 10.9 Å². The number of hydrogen-bond acceptors (Lipinski definition) is 2. The highest BCUT2D eigenvalue weighted by Gasteiger charge is 2.35. The van der Waals surface area contributed by atoms with Crippen LogP contribution in [0.15, 0.2) is 12.4 Å². The minimum Gasteiger partial charge on any atom is -0.392 e. The van der Waals surface area contributed by atoms with Gasteiger partial charge in [-0.15, -0.1) is 0 Å². The van der Waals surface area contributed by atoms with E-state index in [2.05, 4.69) is 18.9 Å². The highest BCUT2D eigenvalue weighted by molar-refractivity contribution is 5.01. The fraction of sp³-hybridized carbons (Fsp3) is 0.727. The molecule has 0 amide bonds. The number of rotatable bonds is 3. The van der Waals surface area contributed by atoms with Crippen LogP contribution in [0.3, 0.4) is 0 Å². The van der Waals surface area contributed by atoms with Crippen molar-refractivity contribution >= 4 is 0 Å². The van der Waals surface area contributed by atoms with Crippen LogP contribution < -0.4 is 0 Å². The van der Waals surface area contributed by atoms with Crippen molar-refractivity contribution in [3.63, 3.8) is 0 Å². The van der Waals surface area contributed by atoms with Crippen LogP contribution in [0.2, 0.25) is 0 Å². The van der Waals surface area contributed by atoms with Gasteiger partial charge in [0.05, 0.1) is 12.8 Å². The Morgan fingerprint density at radius 2 is 2.29 bits per heavy atom. The summed E-state index contributed by atoms with van der Waals surface area (Å²) in [7, 11) is 0. The zero-order valence-corrected chi connectivity index (χ0v) is 8.90. The molecule has 0 aliphatic heterocycles. The maximum absolute atomic E-state index is 8.89. The zero-order chi connectivity index (χ0) is 10.2. The molecule has 3 heteroatoms. The van der Waals surface area contributed by atoms with Gasteiger partial charge < -0.3 is 5.11 Å². The summed E-state index contributed by atoms with van der Waals surface area (Å²) < 4.78 is 1.95. The summed E-state index contributed by atoms with van der Waals surface area (Å²) >= 11 is 0. The van der Waals surface area contributed by atoms with E-state index in [0.29, 0.717) is 5.41 Å². The second kappa shape index (κ2) is 3.39. The van der Waals surface area contributed by atoms with Crippen molar-refractivity contribution < 1.29 is 5.11 Å². The third kappa shape index (κ3) is 1.98. The Bertz CT molecular complexity index is 309. The lowest BCUT2D eigenvalue weighted by molar-refractivity contribution is 0.0799. The van der Waals surface area contributed by atoms with Crippen molar-refractivity contribution in [2.45, 2.75) is 39.8 Å². The summed E-state index contributed by atoms with van der Waals surface area (Å²) in [6.45, 7) is 5.72. The van der Waals surface area contributed by atoms with Gasteiger partial charge in [0.25, 0.3) is 0 Å². The van der Waals surface area contributed by atoms with Gasteiger partial charge in [0.1, 0.15) is 0 Å². The lowest BCUT2D eigenvalue weighted by Gasteiger charge is -2.42. The fourth-order valence-electron chi connectivity index (χ4n) is 2.48. The third-order valence-corrected chi connectivity index (χ3v) is 3.00. The zero-order valence-electron chi connectivity index (χ0n) is 8.90. The van der Waals surface area contributed by atoms with Crippen LogP contribution in [0.4, 0.5) is 0 Å². The van der Waals surface area contributed by atoms with Gasteiger partial charge in [0.15, 0.2) is 0 Å². The summed E-state index contributed by atoms with van der Waals surface area (Å²) in [5.74, 6) is 0.774. The van der Waals surface area contributed by atoms with Gasteiger partial charge in [-0.25, -0.2) is 0 Å². The molecule has 14 heavy (non-hydrogen) atoms. The van der Waals surface area contributed by atoms with E-state index in [1.54, 1.807) is 6.20 Å². The van der Waals surface area contributed by atoms with Gasteiger partial charge in [-0.1, -0.05) is 13.8 Å². The van der Waals surface area contributed by atoms with Gasteiger partial charge in [-0.2, -0.15) is 5.10 Å². The van der Waals surface area contributed by atoms with Crippen LogP contribution in [0.25, 0.3) is 0 Å². The maximum atomic E-state index is 8.89. The standard InChI is InChI=1S/C11H18N2O/c1-11(2)3-9(4-11)6-13-7-10(8-14)5-12-13/h5,7,9,14H,3-4,6,8H2,1-2H3. The summed E-state index contributed by atoms with van der Waals surface area (Å²) in [5.41, 5.74) is 1.45. The predicted molar refractivity (Wildman–Crippen MR) is 54.7 cm³/mol. The molecule has 1 aliphatic rings. The molecule has 0 saturated heterocycles. The Morgan fingerprint density at radius 3 is 2.79 bits per heavy atom. The molecule has 0 bridgehead atoms. The predicted octanol–water partition coefficient (Wildman–Crippen LogP) is 1.81. The molecule has 1 aromatic heterocycles. The molecular weight excluding hydrogens is 176 g/mol. The van der Waals surface area contributed by atoms with Crippen molar-refractivity contribution in [2.75, 3.05) is 0 Å². The second-order valence-electron chi connectivity index (χ2n) is 5.17. The molecule has 3 nitrogen and oxygen atoms in total. The molecular formula is C11H18N2O. The van der Waals surface area contributed by atoms with Gasteiger partial charge >= 0.3 is 0 Å². The molecule has 1 aliphatic carbocycles. The minimum atomic E-state index is 0.0934. The molecule has 0 aromatic carbocycles. The Labute approximate surface area is 84.7 Å². The SMILES string of the molecule is CC1(C)CC(Cn2cc(CO)cn2)C1. The van der Waals surface area contributed by atoms with E-state index in [0.717, 1.165) is 18.0 Å². The molecule has 0 radical (unpaired) electrons. The van der Waals surface area contributed by atoms with Crippen LogP contribution in [0.1, 0.15) is 32.3 Å². The van der Waals surface area contributed by atoms with E-state index in [4.69, 9.17) is 5.11 Å². The van der Waals surface area contributed by atoms with Gasteiger partial charge in [0.2, 0.25) is 0 Å². The molecule has 1 aromatic rings. The van der Waals surface area contributed by atoms with Crippen molar-refractivity contribution in [1.29, 1.82) is 0 Å². The van der Waals surface area contributed by atoms with Crippen molar-refractivity contribution in [3.8, 4) is 0 Å². The summed E-state index contributed by atoms with van der Waals surface area (Å²) in [6.07, 6.45) is 6.26. The Morgan fingerprint density at radius 1 is 1.57 bits per heavy atom. The average Bonchev–Trinajstić information content (AvgIpc) is 2.49. The highest BCUT2D eigenvalue weighted by atomic mass is 16.3. The summed E-state index contributed by atoms with van der Waals surface area (Å²) in [4.78, 5) is 0. The first kappa shape index (κ1) is 9.71. The average molecular weight is 194 g/mol. The first-order chi connectivity index (χ1) is 6.59. The molecule has 1 fully saturated rings. The first-order valence-electron chi connectivity index (χ1n) is 5.21. The Hall–Kier alpha value is -0.830. The lowest BCUT2D eigenvalue weighted by atomic mass is 9.64. The van der Waals surface area contributed by atoms with Crippen LogP contribution >= 0.6 is 0 Å². The third-order valence-electron chi connectivity index (χ3n) is 3.00. The van der Waals surface area contributed by atoms with Gasteiger partial charge in [-0.3, -0.25) is 4.68 Å². The molecule has 0 atom stereocenters. The molecule has 1 N–H and O–H groups in total. The van der Waals surface area contributed by atoms with E-state index < -0.39 is 0 Å². The van der Waals surface area contributed by atoms with E-state index >= 15 is 0 Å². The first-order valence-corrected chi connectivity index (χ1v) is 5.21. The monoisotopic (exact) mass is 194 g/mol. The van der Waals surface area contributed by atoms with Crippen LogP contribution in [0, 0.1) is 11.3 Å². The Balaban J connectivity index is 1.87. The fourth-order valence-corrected chi connectivity index (χ4v) is 2.48. The maximum Gasteiger partial charge on any atom is 0.0712 e. The number of hydrogen-bond donors (Lipinski definition) is 1. The van der Waals surface area contributed by atoms with Crippen LogP contribution in [0.5, 0.6) is 0 Å². The topological polar surface area (TPSA) is 38.0 Å². The highest BCUT2D eigenvalue weighted by Crippen LogP contribution is 2.45. The van der Waals surface area contributed by atoms with E-state index in [1.165, 1.54) is 12.8 Å². The summed E-state index contributed by atoms with van der Waals surface area (Å²) in [6, 6.07) is 0. The van der Waals surface area contributed by atoms with Gasteiger partial charge in [-0.05, 0) is 24.2 Å². The van der Waals surface area contributed by atoms with Crippen molar-refractivity contribution in [2.24, 2.45) is 11.3 Å². The number of aliphatic hydroxyl groups excluding tert-OH is 1. The number of nitrogens with zero attached hydrogens (tertiary/aromatic N) is 2. The largest absolute Gasteiger partial charge is 0.392 e. The minimum absolute atomic E-state index is 0.0934. The van der Waals surface area contributed by atoms with Crippen LogP contribution in [-0.2, 0) is 13.2 Å². The molecule has 2 rings (SSSR count). The van der Waals surface area contributed by atoms with Crippen molar-refractivity contribution in [1.82, 2.24) is 9.78 Å². The van der Waals surface area contributed by atoms with E-state index in [-0.39, 0.29) is 6.61 Å². The molecule has 0 unspecified atom stereocenters. The normalized spacial score (nSPS) is 20.8. The number of aromatic nitrogens is 2. The van der Waals surface area contributed by atoms with Gasteiger partial charge in [0, 0.05) is 18.3 Å². The number of aliphatic hydroxyl groups is 1. The molecule has 78 valence electrons. The molecule has 1 heterocycles. The second-order valence-corrected chi connectivity index (χ2v) is 5.17. The quantitative estimate of drug-likeness (QED) is 0.797. The Kier molecular flexibility index (Phi) is 2.35.